The molecule has 0 fully saturated rings. The van der Waals surface area contributed by atoms with Crippen molar-refractivity contribution >= 4 is 18.0 Å². The van der Waals surface area contributed by atoms with E-state index in [4.69, 9.17) is 18.3 Å². The third kappa shape index (κ3) is 5.17. The van der Waals surface area contributed by atoms with Crippen LogP contribution in [0.5, 0.6) is 11.5 Å². The summed E-state index contributed by atoms with van der Waals surface area (Å²) in [7, 11) is 0. The van der Waals surface area contributed by atoms with Crippen LogP contribution < -0.4 is 14.8 Å². The Bertz CT molecular complexity index is 1080. The Hall–Kier alpha value is -4.25. The first kappa shape index (κ1) is 20.5. The number of hydrogen-bond donors (Lipinski definition) is 1. The van der Waals surface area contributed by atoms with Crippen LogP contribution in [0.15, 0.2) is 69.4 Å². The molecule has 2 aromatic heterocycles. The average molecular weight is 406 g/mol. The van der Waals surface area contributed by atoms with Gasteiger partial charge in [-0.25, -0.2) is 4.79 Å². The number of rotatable bonds is 8. The highest BCUT2D eigenvalue weighted by Gasteiger charge is 2.16. The fourth-order valence-corrected chi connectivity index (χ4v) is 2.50. The number of nitrogens with zero attached hydrogens (tertiary/aromatic N) is 1. The van der Waals surface area contributed by atoms with E-state index in [2.05, 4.69) is 5.32 Å². The molecule has 152 valence electrons. The monoisotopic (exact) mass is 406 g/mol. The molecule has 0 saturated heterocycles. The van der Waals surface area contributed by atoms with Gasteiger partial charge in [0.15, 0.2) is 11.5 Å². The van der Waals surface area contributed by atoms with E-state index in [1.807, 2.05) is 6.07 Å². The van der Waals surface area contributed by atoms with Gasteiger partial charge in [0.2, 0.25) is 5.76 Å². The SMILES string of the molecule is CCOc1cc(/C=C(/C#N)C(=O)NCc2ccco2)ccc1OC(=O)c1ccco1. The molecule has 0 aliphatic carbocycles. The zero-order valence-corrected chi connectivity index (χ0v) is 16.1. The van der Waals surface area contributed by atoms with E-state index in [-0.39, 0.29) is 23.6 Å². The van der Waals surface area contributed by atoms with Gasteiger partial charge in [-0.05, 0) is 55.0 Å². The molecule has 0 radical (unpaired) electrons. The molecule has 1 aromatic carbocycles. The number of furan rings is 2. The molecule has 3 rings (SSSR count). The van der Waals surface area contributed by atoms with Crippen LogP contribution in [0.25, 0.3) is 6.08 Å². The molecular weight excluding hydrogens is 388 g/mol. The lowest BCUT2D eigenvalue weighted by molar-refractivity contribution is -0.117. The van der Waals surface area contributed by atoms with Gasteiger partial charge in [0.25, 0.3) is 5.91 Å². The van der Waals surface area contributed by atoms with Gasteiger partial charge in [0, 0.05) is 0 Å². The third-order valence-corrected chi connectivity index (χ3v) is 3.87. The molecule has 0 saturated carbocycles. The minimum Gasteiger partial charge on any atom is -0.490 e. The predicted octanol–water partition coefficient (Wildman–Crippen LogP) is 3.71. The van der Waals surface area contributed by atoms with Gasteiger partial charge < -0.3 is 23.6 Å². The number of benzene rings is 1. The second-order valence-corrected chi connectivity index (χ2v) is 5.94. The van der Waals surface area contributed by atoms with Crippen molar-refractivity contribution in [3.05, 3.63) is 77.6 Å². The number of carbonyl (C=O) groups excluding carboxylic acids is 2. The Labute approximate surface area is 172 Å². The fraction of sp³-hybridized carbons (Fsp3) is 0.136. The molecule has 1 amide bonds. The first-order chi connectivity index (χ1) is 14.6. The molecule has 0 aliphatic heterocycles. The van der Waals surface area contributed by atoms with Crippen LogP contribution in [0.4, 0.5) is 0 Å². The van der Waals surface area contributed by atoms with E-state index in [9.17, 15) is 14.9 Å². The number of hydrogen-bond acceptors (Lipinski definition) is 7. The highest BCUT2D eigenvalue weighted by atomic mass is 16.6. The second-order valence-electron chi connectivity index (χ2n) is 5.94. The van der Waals surface area contributed by atoms with E-state index in [0.717, 1.165) is 0 Å². The Morgan fingerprint density at radius 3 is 2.60 bits per heavy atom. The van der Waals surface area contributed by atoms with Gasteiger partial charge in [0.1, 0.15) is 17.4 Å². The summed E-state index contributed by atoms with van der Waals surface area (Å²) in [5.74, 6) is -0.0986. The molecule has 2 heterocycles. The molecule has 8 heteroatoms. The molecule has 0 atom stereocenters. The van der Waals surface area contributed by atoms with Crippen molar-refractivity contribution in [3.8, 4) is 17.6 Å². The van der Waals surface area contributed by atoms with Crippen molar-refractivity contribution < 1.29 is 27.9 Å². The van der Waals surface area contributed by atoms with Gasteiger partial charge in [-0.2, -0.15) is 5.26 Å². The highest BCUT2D eigenvalue weighted by Crippen LogP contribution is 2.30. The number of amides is 1. The summed E-state index contributed by atoms with van der Waals surface area (Å²) in [6.45, 7) is 2.27. The summed E-state index contributed by atoms with van der Waals surface area (Å²) in [5.41, 5.74) is 0.435. The van der Waals surface area contributed by atoms with Crippen molar-refractivity contribution in [2.24, 2.45) is 0 Å². The van der Waals surface area contributed by atoms with Crippen LogP contribution in [0.3, 0.4) is 0 Å². The summed E-state index contributed by atoms with van der Waals surface area (Å²) in [5, 5.41) is 12.0. The van der Waals surface area contributed by atoms with Crippen LogP contribution in [0, 0.1) is 11.3 Å². The number of ether oxygens (including phenoxy) is 2. The molecule has 30 heavy (non-hydrogen) atoms. The number of nitriles is 1. The summed E-state index contributed by atoms with van der Waals surface area (Å²) in [6.07, 6.45) is 4.28. The van der Waals surface area contributed by atoms with Crippen LogP contribution >= 0.6 is 0 Å². The van der Waals surface area contributed by atoms with E-state index >= 15 is 0 Å². The summed E-state index contributed by atoms with van der Waals surface area (Å²) < 4.78 is 21.0. The van der Waals surface area contributed by atoms with Crippen molar-refractivity contribution in [2.75, 3.05) is 6.61 Å². The quantitative estimate of drug-likeness (QED) is 0.262. The lowest BCUT2D eigenvalue weighted by atomic mass is 10.1. The van der Waals surface area contributed by atoms with Gasteiger partial charge in [-0.1, -0.05) is 6.07 Å². The summed E-state index contributed by atoms with van der Waals surface area (Å²) >= 11 is 0. The predicted molar refractivity (Wildman–Crippen MR) is 105 cm³/mol. The topological polar surface area (TPSA) is 115 Å². The van der Waals surface area contributed by atoms with Crippen molar-refractivity contribution in [3.63, 3.8) is 0 Å². The van der Waals surface area contributed by atoms with Gasteiger partial charge in [-0.3, -0.25) is 4.79 Å². The summed E-state index contributed by atoms with van der Waals surface area (Å²) in [6, 6.07) is 13.1. The standard InChI is InChI=1S/C22H18N2O6/c1-2-27-20-12-15(7-8-18(20)30-22(26)19-6-4-10-29-19)11-16(13-23)21(25)24-14-17-5-3-9-28-17/h3-12H,2,14H2,1H3,(H,24,25)/b16-11-. The first-order valence-corrected chi connectivity index (χ1v) is 9.05. The maximum atomic E-state index is 12.3. The molecule has 0 spiro atoms. The second kappa shape index (κ2) is 9.80. The molecule has 8 nitrogen and oxygen atoms in total. The Morgan fingerprint density at radius 1 is 1.13 bits per heavy atom. The van der Waals surface area contributed by atoms with Crippen molar-refractivity contribution in [1.82, 2.24) is 5.32 Å². The largest absolute Gasteiger partial charge is 0.490 e. The normalized spacial score (nSPS) is 10.9. The molecule has 0 unspecified atom stereocenters. The lowest BCUT2D eigenvalue weighted by Crippen LogP contribution is -2.23. The molecule has 1 N–H and O–H groups in total. The van der Waals surface area contributed by atoms with Crippen LogP contribution in [0.2, 0.25) is 0 Å². The van der Waals surface area contributed by atoms with E-state index in [1.165, 1.54) is 30.7 Å². The van der Waals surface area contributed by atoms with Gasteiger partial charge in [-0.15, -0.1) is 0 Å². The van der Waals surface area contributed by atoms with Crippen LogP contribution in [-0.4, -0.2) is 18.5 Å². The fourth-order valence-electron chi connectivity index (χ4n) is 2.50. The average Bonchev–Trinajstić information content (AvgIpc) is 3.46. The molecule has 0 bridgehead atoms. The smallest absolute Gasteiger partial charge is 0.379 e. The van der Waals surface area contributed by atoms with E-state index in [1.54, 1.807) is 37.3 Å². The van der Waals surface area contributed by atoms with Crippen LogP contribution in [0.1, 0.15) is 28.8 Å². The summed E-state index contributed by atoms with van der Waals surface area (Å²) in [4.78, 5) is 24.4. The minimum absolute atomic E-state index is 0.0569. The van der Waals surface area contributed by atoms with Gasteiger partial charge in [0.05, 0.1) is 25.7 Å². The first-order valence-electron chi connectivity index (χ1n) is 9.05. The van der Waals surface area contributed by atoms with E-state index in [0.29, 0.717) is 23.7 Å². The minimum atomic E-state index is -0.667. The zero-order valence-electron chi connectivity index (χ0n) is 16.1. The lowest BCUT2D eigenvalue weighted by Gasteiger charge is -2.11. The molecular formula is C22H18N2O6. The number of nitrogens with one attached hydrogen (secondary N) is 1. The molecule has 0 aliphatic rings. The Morgan fingerprint density at radius 2 is 1.93 bits per heavy atom. The highest BCUT2D eigenvalue weighted by molar-refractivity contribution is 6.01. The number of carbonyl (C=O) groups is 2. The maximum absolute atomic E-state index is 12.3. The maximum Gasteiger partial charge on any atom is 0.379 e. The van der Waals surface area contributed by atoms with E-state index < -0.39 is 11.9 Å². The number of esters is 1. The Kier molecular flexibility index (Phi) is 6.69. The van der Waals surface area contributed by atoms with Gasteiger partial charge >= 0.3 is 5.97 Å². The Balaban J connectivity index is 1.77. The molecule has 3 aromatic rings. The third-order valence-electron chi connectivity index (χ3n) is 3.87. The van der Waals surface area contributed by atoms with Crippen molar-refractivity contribution in [2.45, 2.75) is 13.5 Å². The van der Waals surface area contributed by atoms with Crippen molar-refractivity contribution in [1.29, 1.82) is 5.26 Å². The van der Waals surface area contributed by atoms with Crippen LogP contribution in [-0.2, 0) is 11.3 Å². The zero-order chi connectivity index (χ0) is 21.3.